The third-order valence-corrected chi connectivity index (χ3v) is 4.86. The van der Waals surface area contributed by atoms with Gasteiger partial charge in [-0.15, -0.1) is 0 Å². The average Bonchev–Trinajstić information content (AvgIpc) is 2.77. The summed E-state index contributed by atoms with van der Waals surface area (Å²) in [5, 5.41) is 14.4. The number of alkyl carbamates (subject to hydrolysis) is 1. The molecule has 166 valence electrons. The van der Waals surface area contributed by atoms with Crippen molar-refractivity contribution in [1.82, 2.24) is 10.6 Å². The van der Waals surface area contributed by atoms with E-state index in [4.69, 9.17) is 9.47 Å². The summed E-state index contributed by atoms with van der Waals surface area (Å²) in [7, 11) is 1.23. The molecule has 2 atom stereocenters. The monoisotopic (exact) mass is 428 g/mol. The van der Waals surface area contributed by atoms with Crippen LogP contribution >= 0.6 is 0 Å². The van der Waals surface area contributed by atoms with E-state index in [1.807, 2.05) is 50.2 Å². The molecule has 0 aromatic heterocycles. The summed E-state index contributed by atoms with van der Waals surface area (Å²) in [5.41, 5.74) is 3.64. The van der Waals surface area contributed by atoms with E-state index in [1.54, 1.807) is 12.1 Å². The van der Waals surface area contributed by atoms with Crippen molar-refractivity contribution in [2.75, 3.05) is 13.7 Å². The largest absolute Gasteiger partial charge is 0.467 e. The number of benzene rings is 2. The fourth-order valence-electron chi connectivity index (χ4n) is 3.08. The van der Waals surface area contributed by atoms with Crippen LogP contribution in [-0.4, -0.2) is 48.9 Å². The van der Waals surface area contributed by atoms with E-state index in [0.717, 1.165) is 22.3 Å². The Kier molecular flexibility index (Phi) is 9.02. The van der Waals surface area contributed by atoms with Crippen LogP contribution in [0.25, 0.3) is 0 Å². The molecule has 0 radical (unpaired) electrons. The summed E-state index contributed by atoms with van der Waals surface area (Å²) in [6, 6.07) is 12.5. The first-order valence-electron chi connectivity index (χ1n) is 9.87. The molecular formula is C23H28N2O6. The first-order chi connectivity index (χ1) is 14.8. The zero-order chi connectivity index (χ0) is 22.8. The Morgan fingerprint density at radius 1 is 0.935 bits per heavy atom. The summed E-state index contributed by atoms with van der Waals surface area (Å²) in [5.74, 6) is -1.35. The molecule has 0 heterocycles. The van der Waals surface area contributed by atoms with Crippen LogP contribution in [0, 0.1) is 13.8 Å². The highest BCUT2D eigenvalue weighted by molar-refractivity contribution is 5.89. The molecule has 0 saturated carbocycles. The lowest BCUT2D eigenvalue weighted by atomic mass is 9.96. The van der Waals surface area contributed by atoms with Gasteiger partial charge in [0.2, 0.25) is 5.91 Å². The van der Waals surface area contributed by atoms with E-state index in [2.05, 4.69) is 10.6 Å². The molecule has 2 rings (SSSR count). The van der Waals surface area contributed by atoms with Gasteiger partial charge in [0, 0.05) is 6.42 Å². The number of carbonyl (C=O) groups excluding carboxylic acids is 3. The number of methoxy groups -OCH3 is 1. The highest BCUT2D eigenvalue weighted by Gasteiger charge is 2.28. The Morgan fingerprint density at radius 2 is 1.58 bits per heavy atom. The second-order valence-corrected chi connectivity index (χ2v) is 7.10. The molecule has 2 aromatic carbocycles. The molecule has 0 bridgehead atoms. The molecule has 31 heavy (non-hydrogen) atoms. The number of aliphatic hydroxyl groups excluding tert-OH is 1. The molecule has 3 N–H and O–H groups in total. The number of ether oxygens (including phenoxy) is 2. The lowest BCUT2D eigenvalue weighted by Gasteiger charge is -2.22. The maximum atomic E-state index is 12.6. The zero-order valence-corrected chi connectivity index (χ0v) is 17.9. The maximum absolute atomic E-state index is 12.6. The minimum absolute atomic E-state index is 0.0176. The zero-order valence-electron chi connectivity index (χ0n) is 17.9. The number of hydrogen-bond acceptors (Lipinski definition) is 6. The summed E-state index contributed by atoms with van der Waals surface area (Å²) in [6.07, 6.45) is -0.643. The van der Waals surface area contributed by atoms with E-state index < -0.39 is 36.7 Å². The number of amides is 2. The predicted octanol–water partition coefficient (Wildman–Crippen LogP) is 1.79. The normalized spacial score (nSPS) is 12.4. The fourth-order valence-corrected chi connectivity index (χ4v) is 3.08. The molecule has 8 nitrogen and oxygen atoms in total. The number of carbonyl (C=O) groups is 3. The topological polar surface area (TPSA) is 114 Å². The first kappa shape index (κ1) is 23.9. The number of rotatable bonds is 9. The Balaban J connectivity index is 2.01. The van der Waals surface area contributed by atoms with Gasteiger partial charge in [-0.3, -0.25) is 4.79 Å². The van der Waals surface area contributed by atoms with Crippen molar-refractivity contribution in [3.05, 3.63) is 70.8 Å². The van der Waals surface area contributed by atoms with E-state index in [0.29, 0.717) is 0 Å². The SMILES string of the molecule is COC(=O)[C@H](Cc1c(C)cccc1C)NC(=O)[C@H](CO)NC(=O)OCc1ccccc1. The Labute approximate surface area is 181 Å². The highest BCUT2D eigenvalue weighted by atomic mass is 16.5. The van der Waals surface area contributed by atoms with Gasteiger partial charge in [-0.05, 0) is 36.1 Å². The van der Waals surface area contributed by atoms with Crippen LogP contribution in [0.2, 0.25) is 0 Å². The number of esters is 1. The average molecular weight is 428 g/mol. The van der Waals surface area contributed by atoms with Crippen molar-refractivity contribution in [2.45, 2.75) is 39.0 Å². The molecule has 0 aliphatic carbocycles. The number of aryl methyl sites for hydroxylation is 2. The van der Waals surface area contributed by atoms with Crippen LogP contribution in [0.3, 0.4) is 0 Å². The molecule has 0 unspecified atom stereocenters. The maximum Gasteiger partial charge on any atom is 0.408 e. The molecule has 0 saturated heterocycles. The van der Waals surface area contributed by atoms with E-state index in [9.17, 15) is 19.5 Å². The Morgan fingerprint density at radius 3 is 2.16 bits per heavy atom. The van der Waals surface area contributed by atoms with E-state index >= 15 is 0 Å². The smallest absolute Gasteiger partial charge is 0.408 e. The van der Waals surface area contributed by atoms with Gasteiger partial charge in [-0.2, -0.15) is 0 Å². The molecule has 2 amide bonds. The van der Waals surface area contributed by atoms with Gasteiger partial charge in [0.15, 0.2) is 0 Å². The Bertz CT molecular complexity index is 880. The molecule has 0 spiro atoms. The van der Waals surface area contributed by atoms with Gasteiger partial charge in [0.1, 0.15) is 18.7 Å². The highest BCUT2D eigenvalue weighted by Crippen LogP contribution is 2.16. The van der Waals surface area contributed by atoms with Gasteiger partial charge in [-0.25, -0.2) is 9.59 Å². The standard InChI is InChI=1S/C23H28N2O6/c1-15-8-7-9-16(2)18(15)12-19(22(28)30-3)24-21(27)20(13-26)25-23(29)31-14-17-10-5-4-6-11-17/h4-11,19-20,26H,12-14H2,1-3H3,(H,24,27)(H,25,29)/t19-,20-/m0/s1. The molecule has 0 aliphatic heterocycles. The summed E-state index contributed by atoms with van der Waals surface area (Å²) >= 11 is 0. The summed E-state index contributed by atoms with van der Waals surface area (Å²) in [4.78, 5) is 36.9. The molecule has 8 heteroatoms. The van der Waals surface area contributed by atoms with Gasteiger partial charge >= 0.3 is 12.1 Å². The molecular weight excluding hydrogens is 400 g/mol. The third-order valence-electron chi connectivity index (χ3n) is 4.86. The van der Waals surface area contributed by atoms with Crippen molar-refractivity contribution in [3.8, 4) is 0 Å². The number of nitrogens with one attached hydrogen (secondary N) is 2. The van der Waals surface area contributed by atoms with Gasteiger partial charge in [-0.1, -0.05) is 48.5 Å². The van der Waals surface area contributed by atoms with Crippen LogP contribution in [0.15, 0.2) is 48.5 Å². The van der Waals surface area contributed by atoms with Gasteiger partial charge in [0.25, 0.3) is 0 Å². The second kappa shape index (κ2) is 11.7. The van der Waals surface area contributed by atoms with Gasteiger partial charge in [0.05, 0.1) is 13.7 Å². The molecule has 0 fully saturated rings. The van der Waals surface area contributed by atoms with Crippen LogP contribution in [0.5, 0.6) is 0 Å². The second-order valence-electron chi connectivity index (χ2n) is 7.10. The lowest BCUT2D eigenvalue weighted by Crippen LogP contribution is -2.54. The minimum Gasteiger partial charge on any atom is -0.467 e. The number of hydrogen-bond donors (Lipinski definition) is 3. The van der Waals surface area contributed by atoms with Crippen LogP contribution in [-0.2, 0) is 32.1 Å². The van der Waals surface area contributed by atoms with Crippen molar-refractivity contribution in [1.29, 1.82) is 0 Å². The van der Waals surface area contributed by atoms with Crippen LogP contribution < -0.4 is 10.6 Å². The fraction of sp³-hybridized carbons (Fsp3) is 0.348. The van der Waals surface area contributed by atoms with Crippen molar-refractivity contribution < 1.29 is 29.0 Å². The molecule has 0 aliphatic rings. The molecule has 2 aromatic rings. The summed E-state index contributed by atoms with van der Waals surface area (Å²) in [6.45, 7) is 3.19. The third kappa shape index (κ3) is 7.11. The van der Waals surface area contributed by atoms with E-state index in [-0.39, 0.29) is 13.0 Å². The summed E-state index contributed by atoms with van der Waals surface area (Å²) < 4.78 is 9.90. The lowest BCUT2D eigenvalue weighted by molar-refractivity contribution is -0.145. The van der Waals surface area contributed by atoms with Crippen LogP contribution in [0.4, 0.5) is 4.79 Å². The first-order valence-corrected chi connectivity index (χ1v) is 9.87. The minimum atomic E-state index is -1.28. The number of aliphatic hydroxyl groups is 1. The van der Waals surface area contributed by atoms with Crippen molar-refractivity contribution >= 4 is 18.0 Å². The van der Waals surface area contributed by atoms with Gasteiger partial charge < -0.3 is 25.2 Å². The van der Waals surface area contributed by atoms with Crippen LogP contribution in [0.1, 0.15) is 22.3 Å². The Hall–Kier alpha value is -3.39. The van der Waals surface area contributed by atoms with Crippen molar-refractivity contribution in [2.24, 2.45) is 0 Å². The quantitative estimate of drug-likeness (QED) is 0.525. The predicted molar refractivity (Wildman–Crippen MR) is 114 cm³/mol. The van der Waals surface area contributed by atoms with E-state index in [1.165, 1.54) is 7.11 Å². The van der Waals surface area contributed by atoms with Crippen molar-refractivity contribution in [3.63, 3.8) is 0 Å².